The minimum atomic E-state index is -0.811. The van der Waals surface area contributed by atoms with Crippen molar-refractivity contribution in [2.45, 2.75) is 18.9 Å². The lowest BCUT2D eigenvalue weighted by Gasteiger charge is -2.13. The fourth-order valence-corrected chi connectivity index (χ4v) is 1.77. The third kappa shape index (κ3) is 4.37. The van der Waals surface area contributed by atoms with Gasteiger partial charge in [0.2, 0.25) is 0 Å². The number of ether oxygens (including phenoxy) is 1. The first-order chi connectivity index (χ1) is 8.77. The zero-order valence-corrected chi connectivity index (χ0v) is 10.4. The van der Waals surface area contributed by atoms with Gasteiger partial charge in [0.15, 0.2) is 0 Å². The number of nitrogens with one attached hydrogen (secondary N) is 1. The van der Waals surface area contributed by atoms with Gasteiger partial charge in [0.25, 0.3) is 0 Å². The Kier molecular flexibility index (Phi) is 5.11. The van der Waals surface area contributed by atoms with Crippen molar-refractivity contribution in [2.75, 3.05) is 26.3 Å². The Morgan fingerprint density at radius 3 is 2.89 bits per heavy atom. The molecule has 1 aliphatic carbocycles. The van der Waals surface area contributed by atoms with Gasteiger partial charge in [0.05, 0.1) is 12.7 Å². The van der Waals surface area contributed by atoms with E-state index in [4.69, 9.17) is 4.74 Å². The summed E-state index contributed by atoms with van der Waals surface area (Å²) < 4.78 is 18.8. The van der Waals surface area contributed by atoms with Crippen molar-refractivity contribution in [1.29, 1.82) is 0 Å². The van der Waals surface area contributed by atoms with Crippen LogP contribution in [0.3, 0.4) is 0 Å². The maximum atomic E-state index is 13.4. The molecule has 0 amide bonds. The molecule has 0 aromatic heterocycles. The summed E-state index contributed by atoms with van der Waals surface area (Å²) in [6, 6.07) is 6.30. The quantitative estimate of drug-likeness (QED) is 0.695. The zero-order chi connectivity index (χ0) is 12.8. The molecule has 4 heteroatoms. The third-order valence-electron chi connectivity index (χ3n) is 3.08. The number of aliphatic hydroxyl groups excluding tert-OH is 1. The molecule has 2 rings (SSSR count). The van der Waals surface area contributed by atoms with E-state index in [-0.39, 0.29) is 5.82 Å². The highest BCUT2D eigenvalue weighted by molar-refractivity contribution is 5.19. The molecule has 0 spiro atoms. The van der Waals surface area contributed by atoms with Crippen molar-refractivity contribution in [3.05, 3.63) is 35.6 Å². The Morgan fingerprint density at radius 2 is 2.17 bits per heavy atom. The fraction of sp³-hybridized carbons (Fsp3) is 0.571. The van der Waals surface area contributed by atoms with E-state index in [9.17, 15) is 9.50 Å². The second-order valence-electron chi connectivity index (χ2n) is 4.76. The lowest BCUT2D eigenvalue weighted by molar-refractivity contribution is 0.119. The first-order valence-electron chi connectivity index (χ1n) is 6.48. The number of aliphatic hydroxyl groups is 1. The second-order valence-corrected chi connectivity index (χ2v) is 4.76. The van der Waals surface area contributed by atoms with Gasteiger partial charge in [-0.05, 0) is 24.8 Å². The van der Waals surface area contributed by atoms with Crippen molar-refractivity contribution in [3.63, 3.8) is 0 Å². The molecule has 0 bridgehead atoms. The first kappa shape index (κ1) is 13.5. The smallest absolute Gasteiger partial charge is 0.129 e. The van der Waals surface area contributed by atoms with E-state index in [0.29, 0.717) is 25.3 Å². The van der Waals surface area contributed by atoms with Crippen LogP contribution in [-0.4, -0.2) is 31.4 Å². The SMILES string of the molecule is OC(CNCCOCC1CC1)c1ccccc1F. The highest BCUT2D eigenvalue weighted by Gasteiger charge is 2.20. The summed E-state index contributed by atoms with van der Waals surface area (Å²) in [5, 5.41) is 12.9. The Labute approximate surface area is 107 Å². The minimum absolute atomic E-state index is 0.337. The summed E-state index contributed by atoms with van der Waals surface area (Å²) in [7, 11) is 0. The van der Waals surface area contributed by atoms with E-state index in [0.717, 1.165) is 12.5 Å². The number of hydrogen-bond acceptors (Lipinski definition) is 3. The van der Waals surface area contributed by atoms with Crippen molar-refractivity contribution < 1.29 is 14.2 Å². The average Bonchev–Trinajstić information content (AvgIpc) is 3.18. The van der Waals surface area contributed by atoms with Gasteiger partial charge < -0.3 is 15.2 Å². The predicted octanol–water partition coefficient (Wildman–Crippen LogP) is 1.88. The molecule has 3 nitrogen and oxygen atoms in total. The Morgan fingerprint density at radius 1 is 1.39 bits per heavy atom. The maximum Gasteiger partial charge on any atom is 0.129 e. The van der Waals surface area contributed by atoms with E-state index in [1.165, 1.54) is 18.9 Å². The van der Waals surface area contributed by atoms with Crippen LogP contribution < -0.4 is 5.32 Å². The van der Waals surface area contributed by atoms with Crippen LogP contribution in [-0.2, 0) is 4.74 Å². The summed E-state index contributed by atoms with van der Waals surface area (Å²) in [6.07, 6.45) is 1.77. The summed E-state index contributed by atoms with van der Waals surface area (Å²) in [4.78, 5) is 0. The van der Waals surface area contributed by atoms with Crippen LogP contribution in [0.5, 0.6) is 0 Å². The van der Waals surface area contributed by atoms with E-state index < -0.39 is 6.10 Å². The molecule has 0 saturated heterocycles. The summed E-state index contributed by atoms with van der Waals surface area (Å²) in [5.41, 5.74) is 0.337. The van der Waals surface area contributed by atoms with Gasteiger partial charge in [0, 0.05) is 25.3 Å². The highest BCUT2D eigenvalue weighted by atomic mass is 19.1. The van der Waals surface area contributed by atoms with Crippen molar-refractivity contribution in [1.82, 2.24) is 5.32 Å². The maximum absolute atomic E-state index is 13.4. The van der Waals surface area contributed by atoms with Gasteiger partial charge in [-0.1, -0.05) is 18.2 Å². The molecule has 0 heterocycles. The molecule has 1 atom stereocenters. The summed E-state index contributed by atoms with van der Waals surface area (Å²) >= 11 is 0. The standard InChI is InChI=1S/C14H20FNO2/c15-13-4-2-1-3-12(13)14(17)9-16-7-8-18-10-11-5-6-11/h1-4,11,14,16-17H,5-10H2. The molecule has 1 aliphatic rings. The first-order valence-corrected chi connectivity index (χ1v) is 6.48. The lowest BCUT2D eigenvalue weighted by Crippen LogP contribution is -2.26. The molecule has 0 radical (unpaired) electrons. The number of halogens is 1. The molecule has 1 saturated carbocycles. The lowest BCUT2D eigenvalue weighted by atomic mass is 10.1. The monoisotopic (exact) mass is 253 g/mol. The predicted molar refractivity (Wildman–Crippen MR) is 67.8 cm³/mol. The summed E-state index contributed by atoms with van der Waals surface area (Å²) in [6.45, 7) is 2.50. The van der Waals surface area contributed by atoms with Gasteiger partial charge in [-0.3, -0.25) is 0 Å². The zero-order valence-electron chi connectivity index (χ0n) is 10.4. The van der Waals surface area contributed by atoms with E-state index in [2.05, 4.69) is 5.32 Å². The molecule has 0 aliphatic heterocycles. The van der Waals surface area contributed by atoms with Gasteiger partial charge in [0.1, 0.15) is 5.82 Å². The van der Waals surface area contributed by atoms with Crippen LogP contribution in [0.4, 0.5) is 4.39 Å². The Balaban J connectivity index is 1.59. The van der Waals surface area contributed by atoms with Crippen LogP contribution in [0.25, 0.3) is 0 Å². The number of benzene rings is 1. The highest BCUT2D eigenvalue weighted by Crippen LogP contribution is 2.28. The fourth-order valence-electron chi connectivity index (χ4n) is 1.77. The number of hydrogen-bond donors (Lipinski definition) is 2. The Bertz CT molecular complexity index is 369. The molecule has 1 aromatic rings. The van der Waals surface area contributed by atoms with Crippen molar-refractivity contribution in [2.24, 2.45) is 5.92 Å². The minimum Gasteiger partial charge on any atom is -0.387 e. The molecule has 100 valence electrons. The molecule has 1 unspecified atom stereocenters. The van der Waals surface area contributed by atoms with Crippen LogP contribution in [0.15, 0.2) is 24.3 Å². The van der Waals surface area contributed by atoms with Crippen LogP contribution >= 0.6 is 0 Å². The topological polar surface area (TPSA) is 41.5 Å². The normalized spacial score (nSPS) is 16.8. The van der Waals surface area contributed by atoms with Crippen LogP contribution in [0, 0.1) is 11.7 Å². The molecular formula is C14H20FNO2. The molecule has 2 N–H and O–H groups in total. The van der Waals surface area contributed by atoms with Gasteiger partial charge in [-0.2, -0.15) is 0 Å². The van der Waals surface area contributed by atoms with Gasteiger partial charge in [-0.15, -0.1) is 0 Å². The second kappa shape index (κ2) is 6.83. The van der Waals surface area contributed by atoms with Gasteiger partial charge >= 0.3 is 0 Å². The molecule has 1 fully saturated rings. The number of rotatable bonds is 8. The molecule has 1 aromatic carbocycles. The van der Waals surface area contributed by atoms with Crippen LogP contribution in [0.1, 0.15) is 24.5 Å². The molecular weight excluding hydrogens is 233 g/mol. The van der Waals surface area contributed by atoms with Crippen LogP contribution in [0.2, 0.25) is 0 Å². The van der Waals surface area contributed by atoms with E-state index in [1.54, 1.807) is 18.2 Å². The largest absolute Gasteiger partial charge is 0.387 e. The van der Waals surface area contributed by atoms with Crippen molar-refractivity contribution in [3.8, 4) is 0 Å². The van der Waals surface area contributed by atoms with E-state index in [1.807, 2.05) is 0 Å². The van der Waals surface area contributed by atoms with Gasteiger partial charge in [-0.25, -0.2) is 4.39 Å². The summed E-state index contributed by atoms with van der Waals surface area (Å²) in [5.74, 6) is 0.408. The van der Waals surface area contributed by atoms with Crippen molar-refractivity contribution >= 4 is 0 Å². The Hall–Kier alpha value is -0.970. The third-order valence-corrected chi connectivity index (χ3v) is 3.08. The average molecular weight is 253 g/mol. The van der Waals surface area contributed by atoms with E-state index >= 15 is 0 Å². The molecule has 18 heavy (non-hydrogen) atoms.